The molecule has 0 spiro atoms. The number of hydrogen-bond donors (Lipinski definition) is 2. The third-order valence-electron chi connectivity index (χ3n) is 5.01. The Kier molecular flexibility index (Phi) is 9.80. The summed E-state index contributed by atoms with van der Waals surface area (Å²) in [6, 6.07) is 8.09. The van der Waals surface area contributed by atoms with E-state index in [-0.39, 0.29) is 5.92 Å². The normalized spacial score (nSPS) is 15.2. The van der Waals surface area contributed by atoms with Crippen LogP contribution in [0.25, 0.3) is 0 Å². The van der Waals surface area contributed by atoms with E-state index in [9.17, 15) is 31.1 Å². The summed E-state index contributed by atoms with van der Waals surface area (Å²) in [6.45, 7) is 3.03. The number of anilines is 1. The van der Waals surface area contributed by atoms with Crippen LogP contribution in [-0.4, -0.2) is 68.4 Å². The maximum atomic E-state index is 12.5. The number of carbonyl (C=O) groups excluding carboxylic acids is 1. The fraction of sp³-hybridized carbons (Fsp3) is 0.409. The number of aliphatic carboxylic acids is 2. The first-order chi connectivity index (χ1) is 17.2. The Morgan fingerprint density at radius 3 is 1.92 bits per heavy atom. The van der Waals surface area contributed by atoms with Crippen LogP contribution < -0.4 is 4.90 Å². The predicted octanol–water partition coefficient (Wildman–Crippen LogP) is 3.50. The van der Waals surface area contributed by atoms with Crippen LogP contribution in [0.15, 0.2) is 42.9 Å². The number of alkyl halides is 6. The molecule has 2 aromatic rings. The number of rotatable bonds is 3. The molecular weight excluding hydrogens is 514 g/mol. The van der Waals surface area contributed by atoms with Crippen molar-refractivity contribution in [3.63, 3.8) is 0 Å². The molecule has 1 aliphatic carbocycles. The Morgan fingerprint density at radius 1 is 0.892 bits per heavy atom. The Morgan fingerprint density at radius 2 is 1.43 bits per heavy atom. The predicted molar refractivity (Wildman–Crippen MR) is 115 cm³/mol. The average molecular weight is 536 g/mol. The van der Waals surface area contributed by atoms with E-state index < -0.39 is 24.3 Å². The third-order valence-corrected chi connectivity index (χ3v) is 5.01. The number of hydrogen-bond acceptors (Lipinski definition) is 6. The number of carboxylic acids is 2. The Balaban J connectivity index is 0.000000286. The lowest BCUT2D eigenvalue weighted by Gasteiger charge is -2.24. The highest BCUT2D eigenvalue weighted by Gasteiger charge is 2.39. The average Bonchev–Trinajstić information content (AvgIpc) is 3.67. The van der Waals surface area contributed by atoms with Crippen LogP contribution in [-0.2, 0) is 27.5 Å². The number of amides is 1. The van der Waals surface area contributed by atoms with Crippen LogP contribution in [0.3, 0.4) is 0 Å². The van der Waals surface area contributed by atoms with Crippen molar-refractivity contribution in [1.82, 2.24) is 14.9 Å². The highest BCUT2D eigenvalue weighted by Crippen LogP contribution is 2.33. The van der Waals surface area contributed by atoms with Gasteiger partial charge < -0.3 is 20.0 Å². The summed E-state index contributed by atoms with van der Waals surface area (Å²) < 4.78 is 63.5. The molecule has 0 saturated heterocycles. The number of carboxylic acid groups (broad SMARTS) is 2. The van der Waals surface area contributed by atoms with Gasteiger partial charge in [0.1, 0.15) is 5.82 Å². The molecule has 0 bridgehead atoms. The zero-order valence-electron chi connectivity index (χ0n) is 19.0. The quantitative estimate of drug-likeness (QED) is 0.572. The van der Waals surface area contributed by atoms with Gasteiger partial charge in [-0.15, -0.1) is 0 Å². The van der Waals surface area contributed by atoms with Gasteiger partial charge in [0, 0.05) is 56.3 Å². The number of aromatic nitrogens is 2. The van der Waals surface area contributed by atoms with Crippen molar-refractivity contribution in [3.05, 3.63) is 54.0 Å². The van der Waals surface area contributed by atoms with E-state index in [1.807, 2.05) is 41.7 Å². The molecule has 15 heteroatoms. The first kappa shape index (κ1) is 29.3. The summed E-state index contributed by atoms with van der Waals surface area (Å²) in [6.07, 6.45) is -2.60. The molecule has 4 rings (SSSR count). The van der Waals surface area contributed by atoms with Crippen LogP contribution in [0.1, 0.15) is 24.0 Å². The number of pyridine rings is 2. The third kappa shape index (κ3) is 9.57. The molecule has 2 aliphatic rings. The lowest BCUT2D eigenvalue weighted by Crippen LogP contribution is -2.36. The van der Waals surface area contributed by atoms with E-state index in [1.165, 1.54) is 5.56 Å². The largest absolute Gasteiger partial charge is 0.490 e. The fourth-order valence-corrected chi connectivity index (χ4v) is 3.11. The van der Waals surface area contributed by atoms with Crippen LogP contribution >= 0.6 is 0 Å². The maximum absolute atomic E-state index is 12.5. The minimum atomic E-state index is -5.08. The lowest BCUT2D eigenvalue weighted by molar-refractivity contribution is -0.193. The Bertz CT molecular complexity index is 1050. The van der Waals surface area contributed by atoms with E-state index in [0.29, 0.717) is 12.5 Å². The summed E-state index contributed by atoms with van der Waals surface area (Å²) in [4.78, 5) is 43.2. The molecular formula is C22H22F6N4O5. The van der Waals surface area contributed by atoms with Crippen LogP contribution in [0, 0.1) is 5.92 Å². The fourth-order valence-electron chi connectivity index (χ4n) is 3.11. The summed E-state index contributed by atoms with van der Waals surface area (Å²) in [5, 5.41) is 14.2. The van der Waals surface area contributed by atoms with Crippen molar-refractivity contribution in [2.45, 2.75) is 38.3 Å². The maximum Gasteiger partial charge on any atom is 0.490 e. The second-order valence-corrected chi connectivity index (χ2v) is 7.90. The molecule has 1 aliphatic heterocycles. The minimum absolute atomic E-state index is 0.266. The molecule has 2 aromatic heterocycles. The minimum Gasteiger partial charge on any atom is -0.475 e. The van der Waals surface area contributed by atoms with Crippen molar-refractivity contribution < 1.29 is 50.9 Å². The first-order valence-corrected chi connectivity index (χ1v) is 10.7. The summed E-state index contributed by atoms with van der Waals surface area (Å²) in [5.74, 6) is -3.94. The second kappa shape index (κ2) is 12.4. The molecule has 0 atom stereocenters. The van der Waals surface area contributed by atoms with Gasteiger partial charge in [-0.05, 0) is 36.6 Å². The highest BCUT2D eigenvalue weighted by molar-refractivity contribution is 5.81. The van der Waals surface area contributed by atoms with Crippen LogP contribution in [0.2, 0.25) is 0 Å². The van der Waals surface area contributed by atoms with Gasteiger partial charge >= 0.3 is 24.3 Å². The van der Waals surface area contributed by atoms with Gasteiger partial charge in [-0.3, -0.25) is 9.78 Å². The molecule has 202 valence electrons. The Labute approximate surface area is 206 Å². The van der Waals surface area contributed by atoms with Crippen LogP contribution in [0.5, 0.6) is 0 Å². The van der Waals surface area contributed by atoms with E-state index in [1.54, 1.807) is 0 Å². The van der Waals surface area contributed by atoms with Gasteiger partial charge in [-0.25, -0.2) is 14.6 Å². The number of halogens is 6. The Hall–Kier alpha value is -3.91. The molecule has 1 saturated carbocycles. The van der Waals surface area contributed by atoms with Crippen molar-refractivity contribution >= 4 is 23.7 Å². The van der Waals surface area contributed by atoms with Crippen molar-refractivity contribution in [2.75, 3.05) is 18.0 Å². The van der Waals surface area contributed by atoms with Crippen LogP contribution in [0.4, 0.5) is 32.2 Å². The molecule has 1 amide bonds. The number of nitrogens with zero attached hydrogens (tertiary/aromatic N) is 4. The van der Waals surface area contributed by atoms with Crippen molar-refractivity contribution in [2.24, 2.45) is 5.92 Å². The molecule has 9 nitrogen and oxygen atoms in total. The molecule has 0 unspecified atom stereocenters. The van der Waals surface area contributed by atoms with E-state index >= 15 is 0 Å². The molecule has 37 heavy (non-hydrogen) atoms. The zero-order valence-corrected chi connectivity index (χ0v) is 19.0. The van der Waals surface area contributed by atoms with Crippen molar-refractivity contribution in [1.29, 1.82) is 0 Å². The number of fused-ring (bicyclic) bond motifs is 1. The van der Waals surface area contributed by atoms with Gasteiger partial charge in [0.2, 0.25) is 5.91 Å². The standard InChI is InChI=1S/C18H20N4O.2C2HF3O2/c23-18(15-3-4-15)22-11-10-21(12-14-5-8-19-9-6-14)17-16(13-22)2-1-7-20-17;2*3-2(4,5)1(6)7/h1-2,5-9,15H,3-4,10-13H2;2*(H,6,7). The van der Waals surface area contributed by atoms with Gasteiger partial charge in [-0.2, -0.15) is 26.3 Å². The molecule has 1 fully saturated rings. The SMILES string of the molecule is O=C(C1CC1)N1CCN(Cc2ccncc2)c2ncccc2C1.O=C(O)C(F)(F)F.O=C(O)C(F)(F)F. The summed E-state index contributed by atoms with van der Waals surface area (Å²) in [5.41, 5.74) is 2.34. The van der Waals surface area contributed by atoms with E-state index in [0.717, 1.165) is 43.9 Å². The molecule has 0 aromatic carbocycles. The highest BCUT2D eigenvalue weighted by atomic mass is 19.4. The van der Waals surface area contributed by atoms with E-state index in [2.05, 4.69) is 20.9 Å². The van der Waals surface area contributed by atoms with Gasteiger partial charge in [0.15, 0.2) is 0 Å². The monoisotopic (exact) mass is 536 g/mol. The zero-order chi connectivity index (χ0) is 27.8. The topological polar surface area (TPSA) is 124 Å². The molecule has 3 heterocycles. The molecule has 0 radical (unpaired) electrons. The number of carbonyl (C=O) groups is 3. The second-order valence-electron chi connectivity index (χ2n) is 7.90. The van der Waals surface area contributed by atoms with Gasteiger partial charge in [0.25, 0.3) is 0 Å². The lowest BCUT2D eigenvalue weighted by atomic mass is 10.2. The molecule has 2 N–H and O–H groups in total. The van der Waals surface area contributed by atoms with Gasteiger partial charge in [-0.1, -0.05) is 6.07 Å². The first-order valence-electron chi connectivity index (χ1n) is 10.7. The van der Waals surface area contributed by atoms with E-state index in [4.69, 9.17) is 19.8 Å². The van der Waals surface area contributed by atoms with Gasteiger partial charge in [0.05, 0.1) is 0 Å². The summed E-state index contributed by atoms with van der Waals surface area (Å²) >= 11 is 0. The smallest absolute Gasteiger partial charge is 0.475 e. The van der Waals surface area contributed by atoms with Crippen molar-refractivity contribution in [3.8, 4) is 0 Å². The summed E-state index contributed by atoms with van der Waals surface area (Å²) in [7, 11) is 0.